The van der Waals surface area contributed by atoms with Crippen molar-refractivity contribution in [1.82, 2.24) is 5.32 Å². The first-order valence-electron chi connectivity index (χ1n) is 4.89. The Morgan fingerprint density at radius 3 is 2.75 bits per heavy atom. The third kappa shape index (κ3) is 2.25. The molecule has 0 saturated carbocycles. The highest BCUT2D eigenvalue weighted by molar-refractivity contribution is 8.01. The van der Waals surface area contributed by atoms with E-state index in [2.05, 4.69) is 5.32 Å². The molecule has 0 bridgehead atoms. The van der Waals surface area contributed by atoms with Crippen molar-refractivity contribution in [1.29, 1.82) is 0 Å². The second-order valence-electron chi connectivity index (χ2n) is 3.32. The highest BCUT2D eigenvalue weighted by Crippen LogP contribution is 2.27. The number of esters is 1. The average Bonchev–Trinajstić information content (AvgIpc) is 2.79. The number of aldehydes is 1. The maximum Gasteiger partial charge on any atom is 0.340 e. The maximum absolute atomic E-state index is 11.7. The number of carbonyl (C=O) groups excluding carboxylic acids is 2. The summed E-state index contributed by atoms with van der Waals surface area (Å²) in [6.07, 6.45) is 0.630. The molecule has 1 saturated heterocycles. The third-order valence-corrected chi connectivity index (χ3v) is 3.36. The van der Waals surface area contributed by atoms with Gasteiger partial charge in [-0.05, 0) is 12.1 Å². The smallest absolute Gasteiger partial charge is 0.340 e. The fourth-order valence-electron chi connectivity index (χ4n) is 1.42. The average molecular weight is 237 g/mol. The summed E-state index contributed by atoms with van der Waals surface area (Å²) in [5.74, 6) is 0.260. The molecule has 4 nitrogen and oxygen atoms in total. The molecule has 1 aliphatic heterocycles. The van der Waals surface area contributed by atoms with E-state index in [-0.39, 0.29) is 0 Å². The van der Waals surface area contributed by atoms with Crippen molar-refractivity contribution in [3.8, 4) is 0 Å². The van der Waals surface area contributed by atoms with Crippen LogP contribution in [0.2, 0.25) is 0 Å². The van der Waals surface area contributed by atoms with Crippen LogP contribution in [0.1, 0.15) is 10.4 Å². The fraction of sp³-hybridized carbons (Fsp3) is 0.273. The van der Waals surface area contributed by atoms with E-state index < -0.39 is 11.0 Å². The Morgan fingerprint density at radius 1 is 1.44 bits per heavy atom. The number of benzene rings is 1. The lowest BCUT2D eigenvalue weighted by Gasteiger charge is -2.21. The minimum Gasteiger partial charge on any atom is -0.423 e. The number of thioether (sulfide) groups is 1. The summed E-state index contributed by atoms with van der Waals surface area (Å²) < 4.78 is 5.18. The SMILES string of the molecule is O=CC1(OC(=O)c2ccccc2)NCCS1. The van der Waals surface area contributed by atoms with Crippen LogP contribution in [-0.2, 0) is 9.53 Å². The molecule has 1 aromatic rings. The summed E-state index contributed by atoms with van der Waals surface area (Å²) in [4.78, 5) is 22.7. The Hall–Kier alpha value is -1.33. The van der Waals surface area contributed by atoms with Gasteiger partial charge in [0.15, 0.2) is 6.29 Å². The van der Waals surface area contributed by atoms with E-state index in [1.54, 1.807) is 24.3 Å². The van der Waals surface area contributed by atoms with Crippen LogP contribution < -0.4 is 5.32 Å². The molecule has 0 radical (unpaired) electrons. The Labute approximate surface area is 97.4 Å². The quantitative estimate of drug-likeness (QED) is 0.628. The summed E-state index contributed by atoms with van der Waals surface area (Å²) in [6.45, 7) is 0.658. The van der Waals surface area contributed by atoms with Crippen LogP contribution in [0.15, 0.2) is 30.3 Å². The molecule has 0 spiro atoms. The van der Waals surface area contributed by atoms with Crippen LogP contribution in [0.3, 0.4) is 0 Å². The van der Waals surface area contributed by atoms with E-state index in [0.29, 0.717) is 18.4 Å². The van der Waals surface area contributed by atoms with Crippen LogP contribution in [0, 0.1) is 0 Å². The van der Waals surface area contributed by atoms with Crippen molar-refractivity contribution in [2.45, 2.75) is 5.06 Å². The summed E-state index contributed by atoms with van der Waals surface area (Å²) in [6, 6.07) is 8.62. The molecule has 5 heteroatoms. The zero-order valence-corrected chi connectivity index (χ0v) is 9.33. The van der Waals surface area contributed by atoms with Gasteiger partial charge >= 0.3 is 5.97 Å². The molecule has 1 atom stereocenters. The summed E-state index contributed by atoms with van der Waals surface area (Å²) >= 11 is 1.29. The molecule has 1 aliphatic rings. The highest BCUT2D eigenvalue weighted by atomic mass is 32.2. The molecule has 0 aliphatic carbocycles. The van der Waals surface area contributed by atoms with Crippen LogP contribution >= 0.6 is 11.8 Å². The van der Waals surface area contributed by atoms with Crippen molar-refractivity contribution in [3.05, 3.63) is 35.9 Å². The van der Waals surface area contributed by atoms with E-state index in [1.807, 2.05) is 6.07 Å². The minimum absolute atomic E-state index is 0.443. The lowest BCUT2D eigenvalue weighted by Crippen LogP contribution is -2.43. The van der Waals surface area contributed by atoms with Crippen LogP contribution in [0.5, 0.6) is 0 Å². The summed E-state index contributed by atoms with van der Waals surface area (Å²) in [5.41, 5.74) is 0.443. The first kappa shape index (κ1) is 11.2. The van der Waals surface area contributed by atoms with Gasteiger partial charge in [-0.3, -0.25) is 10.1 Å². The normalized spacial score (nSPS) is 24.0. The van der Waals surface area contributed by atoms with Crippen LogP contribution in [0.25, 0.3) is 0 Å². The minimum atomic E-state index is -1.20. The second-order valence-corrected chi connectivity index (χ2v) is 4.62. The van der Waals surface area contributed by atoms with Crippen molar-refractivity contribution in [2.24, 2.45) is 0 Å². The molecule has 2 rings (SSSR count). The van der Waals surface area contributed by atoms with Crippen LogP contribution in [0.4, 0.5) is 0 Å². The number of nitrogens with one attached hydrogen (secondary N) is 1. The van der Waals surface area contributed by atoms with Crippen molar-refractivity contribution >= 4 is 24.0 Å². The van der Waals surface area contributed by atoms with Gasteiger partial charge in [0.1, 0.15) is 0 Å². The number of ether oxygens (including phenoxy) is 1. The Kier molecular flexibility index (Phi) is 3.26. The predicted molar refractivity (Wildman–Crippen MR) is 61.1 cm³/mol. The summed E-state index contributed by atoms with van der Waals surface area (Å²) in [7, 11) is 0. The van der Waals surface area contributed by atoms with E-state index in [4.69, 9.17) is 4.74 Å². The third-order valence-electron chi connectivity index (χ3n) is 2.20. The Bertz CT molecular complexity index is 387. The lowest BCUT2D eigenvalue weighted by atomic mass is 10.2. The largest absolute Gasteiger partial charge is 0.423 e. The molecule has 1 fully saturated rings. The topological polar surface area (TPSA) is 55.4 Å². The van der Waals surface area contributed by atoms with Crippen molar-refractivity contribution in [3.63, 3.8) is 0 Å². The Balaban J connectivity index is 2.10. The number of rotatable bonds is 3. The first-order chi connectivity index (χ1) is 7.76. The molecular formula is C11H11NO3S. The van der Waals surface area contributed by atoms with Gasteiger partial charge in [-0.2, -0.15) is 0 Å². The van der Waals surface area contributed by atoms with Gasteiger partial charge in [-0.25, -0.2) is 4.79 Å². The standard InChI is InChI=1S/C11H11NO3S/c13-8-11(12-6-7-16-11)15-10(14)9-4-2-1-3-5-9/h1-5,8,12H,6-7H2. The first-order valence-corrected chi connectivity index (χ1v) is 5.88. The molecule has 0 amide bonds. The number of hydrogen-bond donors (Lipinski definition) is 1. The van der Waals surface area contributed by atoms with Gasteiger partial charge in [-0.1, -0.05) is 30.0 Å². The molecule has 1 N–H and O–H groups in total. The molecule has 84 valence electrons. The van der Waals surface area contributed by atoms with E-state index in [9.17, 15) is 9.59 Å². The molecule has 0 aromatic heterocycles. The van der Waals surface area contributed by atoms with Gasteiger partial charge in [0.05, 0.1) is 5.56 Å². The van der Waals surface area contributed by atoms with Gasteiger partial charge in [0.25, 0.3) is 5.06 Å². The van der Waals surface area contributed by atoms with E-state index in [0.717, 1.165) is 5.75 Å². The van der Waals surface area contributed by atoms with Crippen molar-refractivity contribution in [2.75, 3.05) is 12.3 Å². The second kappa shape index (κ2) is 4.67. The molecule has 16 heavy (non-hydrogen) atoms. The van der Waals surface area contributed by atoms with E-state index >= 15 is 0 Å². The maximum atomic E-state index is 11.7. The number of carbonyl (C=O) groups is 2. The van der Waals surface area contributed by atoms with Crippen LogP contribution in [-0.4, -0.2) is 29.6 Å². The van der Waals surface area contributed by atoms with Gasteiger partial charge in [0.2, 0.25) is 0 Å². The Morgan fingerprint density at radius 2 is 2.19 bits per heavy atom. The van der Waals surface area contributed by atoms with Gasteiger partial charge in [0, 0.05) is 12.3 Å². The molecular weight excluding hydrogens is 226 g/mol. The fourth-order valence-corrected chi connectivity index (χ4v) is 2.33. The number of hydrogen-bond acceptors (Lipinski definition) is 5. The van der Waals surface area contributed by atoms with Gasteiger partial charge in [-0.15, -0.1) is 0 Å². The molecule has 1 unspecified atom stereocenters. The lowest BCUT2D eigenvalue weighted by molar-refractivity contribution is -0.119. The van der Waals surface area contributed by atoms with Gasteiger partial charge < -0.3 is 4.74 Å². The zero-order chi connectivity index (χ0) is 11.4. The molecule has 1 aromatic carbocycles. The monoisotopic (exact) mass is 237 g/mol. The molecule has 1 heterocycles. The highest BCUT2D eigenvalue weighted by Gasteiger charge is 2.38. The predicted octanol–water partition coefficient (Wildman–Crippen LogP) is 1.03. The summed E-state index contributed by atoms with van der Waals surface area (Å²) in [5, 5.41) is 1.67. The van der Waals surface area contributed by atoms with E-state index in [1.165, 1.54) is 11.8 Å². The van der Waals surface area contributed by atoms with Crippen molar-refractivity contribution < 1.29 is 14.3 Å². The zero-order valence-electron chi connectivity index (χ0n) is 8.51.